The molecule has 98 valence electrons. The van der Waals surface area contributed by atoms with E-state index in [1.54, 1.807) is 11.1 Å². The predicted octanol–water partition coefficient (Wildman–Crippen LogP) is 2.92. The van der Waals surface area contributed by atoms with Crippen LogP contribution in [0.15, 0.2) is 18.2 Å². The van der Waals surface area contributed by atoms with E-state index in [-0.39, 0.29) is 6.10 Å². The number of aliphatic hydroxyl groups excluding tert-OH is 1. The SMILES string of the molecule is CN(c1ccc2c(c1)CCC2)C1CCC(O)CC1. The number of aliphatic hydroxyl groups is 1. The molecule has 2 aliphatic rings. The summed E-state index contributed by atoms with van der Waals surface area (Å²) in [5, 5.41) is 9.59. The first-order chi connectivity index (χ1) is 8.74. The van der Waals surface area contributed by atoms with Crippen molar-refractivity contribution in [2.24, 2.45) is 0 Å². The molecule has 3 rings (SSSR count). The molecular weight excluding hydrogens is 222 g/mol. The van der Waals surface area contributed by atoms with E-state index in [0.29, 0.717) is 6.04 Å². The lowest BCUT2D eigenvalue weighted by Crippen LogP contribution is -2.36. The number of fused-ring (bicyclic) bond motifs is 1. The maximum absolute atomic E-state index is 9.59. The number of nitrogens with zero attached hydrogens (tertiary/aromatic N) is 1. The molecule has 0 radical (unpaired) electrons. The van der Waals surface area contributed by atoms with Gasteiger partial charge in [-0.3, -0.25) is 0 Å². The van der Waals surface area contributed by atoms with Crippen molar-refractivity contribution < 1.29 is 5.11 Å². The van der Waals surface area contributed by atoms with Gasteiger partial charge in [-0.05, 0) is 68.2 Å². The van der Waals surface area contributed by atoms with Crippen molar-refractivity contribution in [3.8, 4) is 0 Å². The molecule has 0 aromatic heterocycles. The lowest BCUT2D eigenvalue weighted by atomic mass is 9.92. The minimum atomic E-state index is -0.0605. The highest BCUT2D eigenvalue weighted by Gasteiger charge is 2.23. The van der Waals surface area contributed by atoms with Crippen molar-refractivity contribution in [2.45, 2.75) is 57.1 Å². The van der Waals surface area contributed by atoms with Gasteiger partial charge >= 0.3 is 0 Å². The summed E-state index contributed by atoms with van der Waals surface area (Å²) in [5.41, 5.74) is 4.46. The van der Waals surface area contributed by atoms with Gasteiger partial charge < -0.3 is 10.0 Å². The number of hydrogen-bond donors (Lipinski definition) is 1. The average molecular weight is 245 g/mol. The average Bonchev–Trinajstić information content (AvgIpc) is 2.86. The fraction of sp³-hybridized carbons (Fsp3) is 0.625. The van der Waals surface area contributed by atoms with E-state index in [2.05, 4.69) is 30.1 Å². The fourth-order valence-electron chi connectivity index (χ4n) is 3.43. The largest absolute Gasteiger partial charge is 0.393 e. The summed E-state index contributed by atoms with van der Waals surface area (Å²) in [7, 11) is 2.21. The minimum absolute atomic E-state index is 0.0605. The molecule has 2 aliphatic carbocycles. The molecule has 0 bridgehead atoms. The van der Waals surface area contributed by atoms with E-state index in [0.717, 1.165) is 25.7 Å². The highest BCUT2D eigenvalue weighted by molar-refractivity contribution is 5.52. The van der Waals surface area contributed by atoms with Crippen molar-refractivity contribution in [1.82, 2.24) is 0 Å². The van der Waals surface area contributed by atoms with Crippen LogP contribution >= 0.6 is 0 Å². The first-order valence-corrected chi connectivity index (χ1v) is 7.27. The Balaban J connectivity index is 1.74. The second-order valence-corrected chi connectivity index (χ2v) is 5.88. The van der Waals surface area contributed by atoms with E-state index in [1.165, 1.54) is 24.9 Å². The Hall–Kier alpha value is -1.02. The number of hydrogen-bond acceptors (Lipinski definition) is 2. The summed E-state index contributed by atoms with van der Waals surface area (Å²) >= 11 is 0. The zero-order chi connectivity index (χ0) is 12.5. The molecule has 0 unspecified atom stereocenters. The van der Waals surface area contributed by atoms with Crippen LogP contribution in [-0.4, -0.2) is 24.3 Å². The van der Waals surface area contributed by atoms with Crippen LogP contribution in [0, 0.1) is 0 Å². The molecule has 2 heteroatoms. The Morgan fingerprint density at radius 3 is 2.56 bits per heavy atom. The highest BCUT2D eigenvalue weighted by atomic mass is 16.3. The van der Waals surface area contributed by atoms with Crippen LogP contribution in [0.25, 0.3) is 0 Å². The standard InChI is InChI=1S/C16H23NO/c1-17(14-7-9-16(18)10-8-14)15-6-5-12-3-2-4-13(12)11-15/h5-6,11,14,16,18H,2-4,7-10H2,1H3. The lowest BCUT2D eigenvalue weighted by molar-refractivity contribution is 0.122. The Labute approximate surface area is 110 Å². The monoisotopic (exact) mass is 245 g/mol. The van der Waals surface area contributed by atoms with Gasteiger partial charge in [0.2, 0.25) is 0 Å². The normalized spacial score (nSPS) is 27.0. The van der Waals surface area contributed by atoms with Crippen molar-refractivity contribution >= 4 is 5.69 Å². The van der Waals surface area contributed by atoms with Crippen LogP contribution in [0.1, 0.15) is 43.2 Å². The van der Waals surface area contributed by atoms with Crippen LogP contribution < -0.4 is 4.90 Å². The molecule has 1 aromatic rings. The van der Waals surface area contributed by atoms with Gasteiger partial charge in [0.05, 0.1) is 6.10 Å². The van der Waals surface area contributed by atoms with Gasteiger partial charge in [-0.1, -0.05) is 6.07 Å². The second kappa shape index (κ2) is 4.93. The third-order valence-corrected chi connectivity index (χ3v) is 4.70. The van der Waals surface area contributed by atoms with Gasteiger partial charge in [-0.15, -0.1) is 0 Å². The molecular formula is C16H23NO. The molecule has 0 amide bonds. The van der Waals surface area contributed by atoms with Crippen molar-refractivity contribution in [3.05, 3.63) is 29.3 Å². The molecule has 2 nitrogen and oxygen atoms in total. The van der Waals surface area contributed by atoms with E-state index in [1.807, 2.05) is 0 Å². The van der Waals surface area contributed by atoms with E-state index in [9.17, 15) is 5.11 Å². The van der Waals surface area contributed by atoms with Crippen molar-refractivity contribution in [3.63, 3.8) is 0 Å². The summed E-state index contributed by atoms with van der Waals surface area (Å²) in [6, 6.07) is 7.57. The molecule has 0 saturated heterocycles. The van der Waals surface area contributed by atoms with Crippen LogP contribution in [0.3, 0.4) is 0 Å². The Bertz CT molecular complexity index is 421. The highest BCUT2D eigenvalue weighted by Crippen LogP contribution is 2.30. The van der Waals surface area contributed by atoms with Gasteiger partial charge in [0.25, 0.3) is 0 Å². The van der Waals surface area contributed by atoms with E-state index < -0.39 is 0 Å². The van der Waals surface area contributed by atoms with Crippen molar-refractivity contribution in [2.75, 3.05) is 11.9 Å². The fourth-order valence-corrected chi connectivity index (χ4v) is 3.43. The van der Waals surface area contributed by atoms with E-state index >= 15 is 0 Å². The summed E-state index contributed by atoms with van der Waals surface area (Å²) < 4.78 is 0. The molecule has 0 spiro atoms. The molecule has 0 atom stereocenters. The van der Waals surface area contributed by atoms with Gasteiger partial charge in [0, 0.05) is 18.8 Å². The van der Waals surface area contributed by atoms with Gasteiger partial charge in [-0.2, -0.15) is 0 Å². The molecule has 1 saturated carbocycles. The molecule has 18 heavy (non-hydrogen) atoms. The van der Waals surface area contributed by atoms with Crippen LogP contribution in [0.2, 0.25) is 0 Å². The predicted molar refractivity (Wildman–Crippen MR) is 75.1 cm³/mol. The molecule has 0 aliphatic heterocycles. The lowest BCUT2D eigenvalue weighted by Gasteiger charge is -2.34. The number of aryl methyl sites for hydroxylation is 2. The van der Waals surface area contributed by atoms with Crippen LogP contribution in [-0.2, 0) is 12.8 Å². The Morgan fingerprint density at radius 2 is 1.78 bits per heavy atom. The minimum Gasteiger partial charge on any atom is -0.393 e. The first kappa shape index (κ1) is 12.0. The Kier molecular flexibility index (Phi) is 3.29. The molecule has 0 heterocycles. The maximum atomic E-state index is 9.59. The third-order valence-electron chi connectivity index (χ3n) is 4.70. The zero-order valence-electron chi connectivity index (χ0n) is 11.2. The van der Waals surface area contributed by atoms with Gasteiger partial charge in [0.15, 0.2) is 0 Å². The van der Waals surface area contributed by atoms with E-state index in [4.69, 9.17) is 0 Å². The molecule has 1 fully saturated rings. The quantitative estimate of drug-likeness (QED) is 0.866. The number of benzene rings is 1. The number of anilines is 1. The summed E-state index contributed by atoms with van der Waals surface area (Å²) in [6.07, 6.45) is 7.92. The number of rotatable bonds is 2. The first-order valence-electron chi connectivity index (χ1n) is 7.27. The summed E-state index contributed by atoms with van der Waals surface area (Å²) in [6.45, 7) is 0. The molecule has 1 N–H and O–H groups in total. The zero-order valence-corrected chi connectivity index (χ0v) is 11.2. The maximum Gasteiger partial charge on any atom is 0.0541 e. The Morgan fingerprint density at radius 1 is 1.06 bits per heavy atom. The third kappa shape index (κ3) is 2.26. The summed E-state index contributed by atoms with van der Waals surface area (Å²) in [5.74, 6) is 0. The van der Waals surface area contributed by atoms with Crippen LogP contribution in [0.5, 0.6) is 0 Å². The topological polar surface area (TPSA) is 23.5 Å². The molecule has 1 aromatic carbocycles. The van der Waals surface area contributed by atoms with Gasteiger partial charge in [0.1, 0.15) is 0 Å². The van der Waals surface area contributed by atoms with Crippen LogP contribution in [0.4, 0.5) is 5.69 Å². The van der Waals surface area contributed by atoms with Gasteiger partial charge in [-0.25, -0.2) is 0 Å². The second-order valence-electron chi connectivity index (χ2n) is 5.88. The van der Waals surface area contributed by atoms with Crippen molar-refractivity contribution in [1.29, 1.82) is 0 Å². The summed E-state index contributed by atoms with van der Waals surface area (Å²) in [4.78, 5) is 2.42. The smallest absolute Gasteiger partial charge is 0.0541 e.